The van der Waals surface area contributed by atoms with E-state index in [1.165, 1.54) is 0 Å². The number of carbonyl (C=O) groups excluding carboxylic acids is 3. The molecule has 0 aliphatic heterocycles. The average Bonchev–Trinajstić information content (AvgIpc) is 2.68. The van der Waals surface area contributed by atoms with Crippen molar-refractivity contribution < 1.29 is 14.4 Å². The van der Waals surface area contributed by atoms with Gasteiger partial charge in [-0.1, -0.05) is 29.8 Å². The van der Waals surface area contributed by atoms with Gasteiger partial charge < -0.3 is 16.0 Å². The van der Waals surface area contributed by atoms with E-state index in [4.69, 9.17) is 17.3 Å². The zero-order chi connectivity index (χ0) is 20.5. The lowest BCUT2D eigenvalue weighted by Crippen LogP contribution is -2.33. The standard InChI is InChI=1S/C21H24ClN3O3/c1-2-25(20(27)12-9-15-5-3-4-6-18(15)22)14-13-19(26)24-17-10-7-16(8-11-17)21(23)28/h3-8,10-11H,2,9,12-14H2,1H3,(H2,23,28)(H,24,26). The van der Waals surface area contributed by atoms with Gasteiger partial charge in [0.1, 0.15) is 0 Å². The number of anilines is 1. The molecule has 0 aliphatic rings. The highest BCUT2D eigenvalue weighted by molar-refractivity contribution is 6.31. The second-order valence-electron chi connectivity index (χ2n) is 6.30. The summed E-state index contributed by atoms with van der Waals surface area (Å²) in [6.45, 7) is 2.75. The van der Waals surface area contributed by atoms with Gasteiger partial charge in [0.05, 0.1) is 0 Å². The number of nitrogens with zero attached hydrogens (tertiary/aromatic N) is 1. The van der Waals surface area contributed by atoms with Crippen LogP contribution in [0.25, 0.3) is 0 Å². The van der Waals surface area contributed by atoms with Gasteiger partial charge in [-0.15, -0.1) is 0 Å². The summed E-state index contributed by atoms with van der Waals surface area (Å²) >= 11 is 6.12. The van der Waals surface area contributed by atoms with E-state index in [1.807, 2.05) is 25.1 Å². The van der Waals surface area contributed by atoms with Gasteiger partial charge in [0.2, 0.25) is 17.7 Å². The Bertz CT molecular complexity index is 837. The van der Waals surface area contributed by atoms with E-state index in [1.54, 1.807) is 35.2 Å². The number of benzene rings is 2. The van der Waals surface area contributed by atoms with Crippen molar-refractivity contribution in [2.45, 2.75) is 26.2 Å². The van der Waals surface area contributed by atoms with Gasteiger partial charge in [-0.3, -0.25) is 14.4 Å². The molecular weight excluding hydrogens is 378 g/mol. The lowest BCUT2D eigenvalue weighted by molar-refractivity contribution is -0.131. The largest absolute Gasteiger partial charge is 0.366 e. The van der Waals surface area contributed by atoms with Crippen molar-refractivity contribution in [3.05, 3.63) is 64.7 Å². The number of halogens is 1. The van der Waals surface area contributed by atoms with Crippen LogP contribution < -0.4 is 11.1 Å². The van der Waals surface area contributed by atoms with Crippen LogP contribution in [0.3, 0.4) is 0 Å². The Hall–Kier alpha value is -2.86. The van der Waals surface area contributed by atoms with Crippen LogP contribution in [0.2, 0.25) is 5.02 Å². The predicted octanol–water partition coefficient (Wildman–Crippen LogP) is 3.25. The summed E-state index contributed by atoms with van der Waals surface area (Å²) in [5.41, 5.74) is 7.07. The van der Waals surface area contributed by atoms with Crippen molar-refractivity contribution in [2.75, 3.05) is 18.4 Å². The molecule has 0 unspecified atom stereocenters. The summed E-state index contributed by atoms with van der Waals surface area (Å²) < 4.78 is 0. The minimum absolute atomic E-state index is 0.0129. The quantitative estimate of drug-likeness (QED) is 0.675. The van der Waals surface area contributed by atoms with Crippen molar-refractivity contribution in [3.63, 3.8) is 0 Å². The van der Waals surface area contributed by atoms with Crippen LogP contribution in [-0.4, -0.2) is 35.7 Å². The Labute approximate surface area is 169 Å². The first kappa shape index (κ1) is 21.4. The molecule has 0 bridgehead atoms. The van der Waals surface area contributed by atoms with Crippen LogP contribution in [0.5, 0.6) is 0 Å². The molecule has 3 N–H and O–H groups in total. The molecule has 28 heavy (non-hydrogen) atoms. The van der Waals surface area contributed by atoms with E-state index in [9.17, 15) is 14.4 Å². The molecule has 0 aliphatic carbocycles. The summed E-state index contributed by atoms with van der Waals surface area (Å²) in [7, 11) is 0. The highest BCUT2D eigenvalue weighted by atomic mass is 35.5. The molecule has 2 aromatic carbocycles. The molecule has 2 aromatic rings. The normalized spacial score (nSPS) is 10.4. The van der Waals surface area contributed by atoms with Crippen LogP contribution in [-0.2, 0) is 16.0 Å². The first-order chi connectivity index (χ1) is 13.4. The van der Waals surface area contributed by atoms with Crippen LogP contribution in [0.4, 0.5) is 5.69 Å². The molecule has 2 rings (SSSR count). The Kier molecular flexibility index (Phi) is 8.02. The zero-order valence-corrected chi connectivity index (χ0v) is 16.5. The minimum atomic E-state index is -0.522. The Balaban J connectivity index is 1.81. The van der Waals surface area contributed by atoms with Crippen molar-refractivity contribution >= 4 is 35.0 Å². The summed E-state index contributed by atoms with van der Waals surface area (Å²) in [4.78, 5) is 37.3. The molecule has 7 heteroatoms. The van der Waals surface area contributed by atoms with E-state index in [0.29, 0.717) is 42.2 Å². The number of amides is 3. The van der Waals surface area contributed by atoms with Gasteiger partial charge in [-0.05, 0) is 49.2 Å². The van der Waals surface area contributed by atoms with E-state index in [-0.39, 0.29) is 18.2 Å². The van der Waals surface area contributed by atoms with Gasteiger partial charge in [0, 0.05) is 42.2 Å². The van der Waals surface area contributed by atoms with Crippen LogP contribution in [0, 0.1) is 0 Å². The number of nitrogens with one attached hydrogen (secondary N) is 1. The molecule has 0 spiro atoms. The summed E-state index contributed by atoms with van der Waals surface area (Å²) in [5.74, 6) is -0.739. The molecular formula is C21H24ClN3O3. The average molecular weight is 402 g/mol. The molecule has 0 fully saturated rings. The third kappa shape index (κ3) is 6.39. The van der Waals surface area contributed by atoms with Crippen molar-refractivity contribution in [1.82, 2.24) is 4.90 Å². The predicted molar refractivity (Wildman–Crippen MR) is 110 cm³/mol. The monoisotopic (exact) mass is 401 g/mol. The maximum absolute atomic E-state index is 12.4. The third-order valence-corrected chi connectivity index (χ3v) is 4.73. The van der Waals surface area contributed by atoms with Gasteiger partial charge in [-0.25, -0.2) is 0 Å². The lowest BCUT2D eigenvalue weighted by Gasteiger charge is -2.21. The number of aryl methyl sites for hydroxylation is 1. The highest BCUT2D eigenvalue weighted by Gasteiger charge is 2.14. The fourth-order valence-corrected chi connectivity index (χ4v) is 2.97. The molecule has 6 nitrogen and oxygen atoms in total. The molecule has 0 aromatic heterocycles. The fraction of sp³-hybridized carbons (Fsp3) is 0.286. The first-order valence-corrected chi connectivity index (χ1v) is 9.49. The second-order valence-corrected chi connectivity index (χ2v) is 6.71. The lowest BCUT2D eigenvalue weighted by atomic mass is 10.1. The third-order valence-electron chi connectivity index (χ3n) is 4.36. The van der Waals surface area contributed by atoms with Gasteiger partial charge in [-0.2, -0.15) is 0 Å². The molecule has 0 saturated carbocycles. The summed E-state index contributed by atoms with van der Waals surface area (Å²) in [5, 5.41) is 3.40. The summed E-state index contributed by atoms with van der Waals surface area (Å²) in [6.07, 6.45) is 1.09. The molecule has 0 atom stereocenters. The fourth-order valence-electron chi connectivity index (χ4n) is 2.74. The summed E-state index contributed by atoms with van der Waals surface area (Å²) in [6, 6.07) is 13.8. The van der Waals surface area contributed by atoms with E-state index < -0.39 is 5.91 Å². The van der Waals surface area contributed by atoms with E-state index in [2.05, 4.69) is 5.32 Å². The minimum Gasteiger partial charge on any atom is -0.366 e. The van der Waals surface area contributed by atoms with Gasteiger partial charge >= 0.3 is 0 Å². The van der Waals surface area contributed by atoms with Crippen LogP contribution in [0.15, 0.2) is 48.5 Å². The maximum atomic E-state index is 12.4. The van der Waals surface area contributed by atoms with Crippen LogP contribution in [0.1, 0.15) is 35.7 Å². The number of hydrogen-bond donors (Lipinski definition) is 2. The van der Waals surface area contributed by atoms with Gasteiger partial charge in [0.25, 0.3) is 0 Å². The van der Waals surface area contributed by atoms with Crippen molar-refractivity contribution in [1.29, 1.82) is 0 Å². The number of hydrogen-bond acceptors (Lipinski definition) is 3. The first-order valence-electron chi connectivity index (χ1n) is 9.11. The second kappa shape index (κ2) is 10.5. The number of primary amides is 1. The SMILES string of the molecule is CCN(CCC(=O)Nc1ccc(C(N)=O)cc1)C(=O)CCc1ccccc1Cl. The Morgan fingerprint density at radius 2 is 1.71 bits per heavy atom. The molecule has 3 amide bonds. The van der Waals surface area contributed by atoms with Crippen molar-refractivity contribution in [2.24, 2.45) is 5.73 Å². The molecule has 148 valence electrons. The van der Waals surface area contributed by atoms with E-state index >= 15 is 0 Å². The number of carbonyl (C=O) groups is 3. The number of rotatable bonds is 9. The smallest absolute Gasteiger partial charge is 0.248 e. The Morgan fingerprint density at radius 1 is 1.04 bits per heavy atom. The highest BCUT2D eigenvalue weighted by Crippen LogP contribution is 2.17. The maximum Gasteiger partial charge on any atom is 0.248 e. The van der Waals surface area contributed by atoms with Crippen molar-refractivity contribution in [3.8, 4) is 0 Å². The zero-order valence-electron chi connectivity index (χ0n) is 15.8. The topological polar surface area (TPSA) is 92.5 Å². The number of nitrogens with two attached hydrogens (primary N) is 1. The van der Waals surface area contributed by atoms with E-state index in [0.717, 1.165) is 5.56 Å². The molecule has 0 saturated heterocycles. The molecule has 0 radical (unpaired) electrons. The molecule has 0 heterocycles. The Morgan fingerprint density at radius 3 is 2.32 bits per heavy atom. The van der Waals surface area contributed by atoms with Gasteiger partial charge in [0.15, 0.2) is 0 Å². The van der Waals surface area contributed by atoms with Crippen LogP contribution >= 0.6 is 11.6 Å².